The number of thioether (sulfide) groups is 1. The molecule has 1 atom stereocenters. The van der Waals surface area contributed by atoms with Gasteiger partial charge in [0.05, 0.1) is 6.10 Å². The molecule has 19 heavy (non-hydrogen) atoms. The quantitative estimate of drug-likeness (QED) is 0.667. The summed E-state index contributed by atoms with van der Waals surface area (Å²) in [6.45, 7) is 2.16. The molecule has 5 heteroatoms. The second kappa shape index (κ2) is 6.93. The standard InChI is InChI=1S/C14H20N2O2S/c1-10(17)16-12-4-6-14(7-5-12)19-9-13(18)8-15-11-2-3-11/h4-7,11,13,15,18H,2-3,8-9H2,1H3,(H,16,17). The smallest absolute Gasteiger partial charge is 0.221 e. The first-order valence-corrected chi connectivity index (χ1v) is 7.54. The highest BCUT2D eigenvalue weighted by atomic mass is 32.2. The molecule has 0 bridgehead atoms. The van der Waals surface area contributed by atoms with Gasteiger partial charge in [0, 0.05) is 35.8 Å². The minimum absolute atomic E-state index is 0.0676. The third-order valence-corrected chi connectivity index (χ3v) is 3.99. The molecule has 0 aliphatic heterocycles. The van der Waals surface area contributed by atoms with Crippen molar-refractivity contribution >= 4 is 23.4 Å². The Bertz CT molecular complexity index is 418. The van der Waals surface area contributed by atoms with Crippen molar-refractivity contribution in [2.75, 3.05) is 17.6 Å². The van der Waals surface area contributed by atoms with Gasteiger partial charge in [-0.05, 0) is 37.1 Å². The van der Waals surface area contributed by atoms with Gasteiger partial charge in [-0.3, -0.25) is 4.79 Å². The topological polar surface area (TPSA) is 61.4 Å². The van der Waals surface area contributed by atoms with Crippen LogP contribution >= 0.6 is 11.8 Å². The van der Waals surface area contributed by atoms with Crippen LogP contribution in [0.2, 0.25) is 0 Å². The van der Waals surface area contributed by atoms with E-state index in [4.69, 9.17) is 0 Å². The van der Waals surface area contributed by atoms with Crippen LogP contribution in [0.4, 0.5) is 5.69 Å². The summed E-state index contributed by atoms with van der Waals surface area (Å²) in [4.78, 5) is 12.0. The summed E-state index contributed by atoms with van der Waals surface area (Å²) < 4.78 is 0. The summed E-state index contributed by atoms with van der Waals surface area (Å²) in [6, 6.07) is 8.29. The molecule has 0 saturated heterocycles. The van der Waals surface area contributed by atoms with Crippen LogP contribution in [0, 0.1) is 0 Å². The number of hydrogen-bond acceptors (Lipinski definition) is 4. The first-order valence-electron chi connectivity index (χ1n) is 6.55. The Balaban J connectivity index is 1.70. The van der Waals surface area contributed by atoms with Crippen molar-refractivity contribution in [2.24, 2.45) is 0 Å². The van der Waals surface area contributed by atoms with E-state index in [1.54, 1.807) is 11.8 Å². The third-order valence-electron chi connectivity index (χ3n) is 2.84. The number of aliphatic hydroxyl groups excluding tert-OH is 1. The highest BCUT2D eigenvalue weighted by molar-refractivity contribution is 7.99. The van der Waals surface area contributed by atoms with Crippen molar-refractivity contribution in [3.8, 4) is 0 Å². The Hall–Kier alpha value is -1.04. The Morgan fingerprint density at radius 1 is 1.42 bits per heavy atom. The number of anilines is 1. The number of aliphatic hydroxyl groups is 1. The number of nitrogens with one attached hydrogen (secondary N) is 2. The molecule has 3 N–H and O–H groups in total. The van der Waals surface area contributed by atoms with Gasteiger partial charge in [0.15, 0.2) is 0 Å². The van der Waals surface area contributed by atoms with Crippen LogP contribution in [0.1, 0.15) is 19.8 Å². The molecule has 1 saturated carbocycles. The summed E-state index contributed by atoms with van der Waals surface area (Å²) in [7, 11) is 0. The minimum atomic E-state index is -0.319. The average Bonchev–Trinajstić information content (AvgIpc) is 3.19. The van der Waals surface area contributed by atoms with E-state index < -0.39 is 0 Å². The summed E-state index contributed by atoms with van der Waals surface area (Å²) >= 11 is 1.63. The summed E-state index contributed by atoms with van der Waals surface area (Å²) in [6.07, 6.45) is 2.16. The molecule has 1 aliphatic rings. The number of rotatable bonds is 7. The van der Waals surface area contributed by atoms with Crippen LogP contribution in [-0.2, 0) is 4.79 Å². The van der Waals surface area contributed by atoms with E-state index in [-0.39, 0.29) is 12.0 Å². The first-order chi connectivity index (χ1) is 9.13. The van der Waals surface area contributed by atoms with E-state index in [1.165, 1.54) is 19.8 Å². The second-order valence-corrected chi connectivity index (χ2v) is 5.95. The Morgan fingerprint density at radius 2 is 2.11 bits per heavy atom. The van der Waals surface area contributed by atoms with Crippen LogP contribution in [0.3, 0.4) is 0 Å². The van der Waals surface area contributed by atoms with Crippen molar-refractivity contribution in [2.45, 2.75) is 36.8 Å². The number of carbonyl (C=O) groups excluding carboxylic acids is 1. The van der Waals surface area contributed by atoms with Gasteiger partial charge in [-0.25, -0.2) is 0 Å². The predicted molar refractivity (Wildman–Crippen MR) is 78.5 cm³/mol. The van der Waals surface area contributed by atoms with E-state index in [2.05, 4.69) is 10.6 Å². The maximum absolute atomic E-state index is 10.9. The van der Waals surface area contributed by atoms with Gasteiger partial charge in [-0.15, -0.1) is 11.8 Å². The zero-order chi connectivity index (χ0) is 13.7. The van der Waals surface area contributed by atoms with Gasteiger partial charge in [0.1, 0.15) is 0 Å². The predicted octanol–water partition coefficient (Wildman–Crippen LogP) is 1.85. The van der Waals surface area contributed by atoms with Crippen LogP contribution in [0.15, 0.2) is 29.2 Å². The molecule has 1 aromatic carbocycles. The van der Waals surface area contributed by atoms with Crippen LogP contribution < -0.4 is 10.6 Å². The lowest BCUT2D eigenvalue weighted by molar-refractivity contribution is -0.114. The highest BCUT2D eigenvalue weighted by Gasteiger charge is 2.21. The fourth-order valence-corrected chi connectivity index (χ4v) is 2.51. The number of benzene rings is 1. The molecule has 104 valence electrons. The molecule has 0 aromatic heterocycles. The Morgan fingerprint density at radius 3 is 2.68 bits per heavy atom. The number of amides is 1. The van der Waals surface area contributed by atoms with Crippen molar-refractivity contribution in [3.63, 3.8) is 0 Å². The van der Waals surface area contributed by atoms with Crippen molar-refractivity contribution in [1.29, 1.82) is 0 Å². The molecule has 1 aliphatic carbocycles. The lowest BCUT2D eigenvalue weighted by Crippen LogP contribution is -2.29. The second-order valence-electron chi connectivity index (χ2n) is 4.85. The molecule has 1 amide bonds. The minimum Gasteiger partial charge on any atom is -0.391 e. The van der Waals surface area contributed by atoms with Crippen LogP contribution in [0.25, 0.3) is 0 Å². The number of carbonyl (C=O) groups is 1. The van der Waals surface area contributed by atoms with E-state index in [0.717, 1.165) is 10.6 Å². The third kappa shape index (κ3) is 5.63. The number of hydrogen-bond donors (Lipinski definition) is 3. The highest BCUT2D eigenvalue weighted by Crippen LogP contribution is 2.22. The van der Waals surface area contributed by atoms with Gasteiger partial charge >= 0.3 is 0 Å². The molecule has 1 fully saturated rings. The molecule has 4 nitrogen and oxygen atoms in total. The van der Waals surface area contributed by atoms with E-state index in [0.29, 0.717) is 18.3 Å². The molecule has 0 heterocycles. The van der Waals surface area contributed by atoms with Crippen molar-refractivity contribution in [3.05, 3.63) is 24.3 Å². The SMILES string of the molecule is CC(=O)Nc1ccc(SCC(O)CNC2CC2)cc1. The van der Waals surface area contributed by atoms with Crippen molar-refractivity contribution < 1.29 is 9.90 Å². The van der Waals surface area contributed by atoms with E-state index in [9.17, 15) is 9.90 Å². The van der Waals surface area contributed by atoms with Crippen LogP contribution in [-0.4, -0.2) is 35.5 Å². The van der Waals surface area contributed by atoms with Gasteiger partial charge in [0.2, 0.25) is 5.91 Å². The maximum Gasteiger partial charge on any atom is 0.221 e. The van der Waals surface area contributed by atoms with Gasteiger partial charge in [-0.1, -0.05) is 0 Å². The monoisotopic (exact) mass is 280 g/mol. The van der Waals surface area contributed by atoms with Gasteiger partial charge in [0.25, 0.3) is 0 Å². The summed E-state index contributed by atoms with van der Waals surface area (Å²) in [5, 5.41) is 15.9. The molecule has 0 spiro atoms. The molecular formula is C14H20N2O2S. The van der Waals surface area contributed by atoms with E-state index in [1.807, 2.05) is 24.3 Å². The molecule has 1 aromatic rings. The Kier molecular flexibility index (Phi) is 5.24. The lowest BCUT2D eigenvalue weighted by atomic mass is 10.3. The zero-order valence-electron chi connectivity index (χ0n) is 11.1. The normalized spacial score (nSPS) is 16.1. The van der Waals surface area contributed by atoms with Crippen molar-refractivity contribution in [1.82, 2.24) is 5.32 Å². The lowest BCUT2D eigenvalue weighted by Gasteiger charge is -2.11. The molecule has 1 unspecified atom stereocenters. The fraction of sp³-hybridized carbons (Fsp3) is 0.500. The first kappa shape index (κ1) is 14.4. The molecular weight excluding hydrogens is 260 g/mol. The zero-order valence-corrected chi connectivity index (χ0v) is 11.9. The largest absolute Gasteiger partial charge is 0.391 e. The molecule has 2 rings (SSSR count). The Labute approximate surface area is 118 Å². The summed E-state index contributed by atoms with van der Waals surface area (Å²) in [5.74, 6) is 0.612. The summed E-state index contributed by atoms with van der Waals surface area (Å²) in [5.41, 5.74) is 0.799. The van der Waals surface area contributed by atoms with Crippen LogP contribution in [0.5, 0.6) is 0 Å². The van der Waals surface area contributed by atoms with Gasteiger partial charge in [-0.2, -0.15) is 0 Å². The maximum atomic E-state index is 10.9. The van der Waals surface area contributed by atoms with Gasteiger partial charge < -0.3 is 15.7 Å². The van der Waals surface area contributed by atoms with E-state index >= 15 is 0 Å². The fourth-order valence-electron chi connectivity index (χ4n) is 1.68. The average molecular weight is 280 g/mol. The molecule has 0 radical (unpaired) electrons.